The summed E-state index contributed by atoms with van der Waals surface area (Å²) in [6, 6.07) is 17.1. The first kappa shape index (κ1) is 16.4. The number of furan rings is 1. The van der Waals surface area contributed by atoms with Crippen LogP contribution in [-0.2, 0) is 6.54 Å². The summed E-state index contributed by atoms with van der Waals surface area (Å²) in [6.07, 6.45) is 2.47. The van der Waals surface area contributed by atoms with Crippen molar-refractivity contribution in [2.45, 2.75) is 18.9 Å². The second-order valence-electron chi connectivity index (χ2n) is 5.78. The van der Waals surface area contributed by atoms with Gasteiger partial charge in [0.1, 0.15) is 23.9 Å². The second kappa shape index (κ2) is 7.88. The van der Waals surface area contributed by atoms with Gasteiger partial charge < -0.3 is 9.73 Å². The Hall–Kier alpha value is -2.46. The fourth-order valence-corrected chi connectivity index (χ4v) is 2.86. The molecule has 2 N–H and O–H groups in total. The molecule has 2 aromatic carbocycles. The molecule has 0 aliphatic heterocycles. The highest BCUT2D eigenvalue weighted by atomic mass is 19.1. The normalized spacial score (nSPS) is 12.2. The number of quaternary nitrogens is 1. The van der Waals surface area contributed by atoms with Crippen molar-refractivity contribution in [2.24, 2.45) is 0 Å². The molecule has 3 aromatic rings. The predicted octanol–water partition coefficient (Wildman–Crippen LogP) is 3.84. The van der Waals surface area contributed by atoms with Gasteiger partial charge in [0.25, 0.3) is 0 Å². The molecular weight excluding hydrogens is 308 g/mol. The van der Waals surface area contributed by atoms with E-state index in [1.54, 1.807) is 30.5 Å². The molecule has 0 radical (unpaired) electrons. The van der Waals surface area contributed by atoms with Gasteiger partial charge in [-0.3, -0.25) is 0 Å². The number of hydrogen-bond donors (Lipinski definition) is 1. The molecule has 2 nitrogen and oxygen atoms in total. The first-order valence-corrected chi connectivity index (χ1v) is 8.08. The Balaban J connectivity index is 1.63. The fraction of sp³-hybridized carbons (Fsp3) is 0.200. The summed E-state index contributed by atoms with van der Waals surface area (Å²) in [6.45, 7) is 1.41. The molecule has 0 aliphatic rings. The zero-order valence-electron chi connectivity index (χ0n) is 13.3. The highest BCUT2D eigenvalue weighted by Gasteiger charge is 2.18. The summed E-state index contributed by atoms with van der Waals surface area (Å²) in [7, 11) is 0. The molecule has 0 fully saturated rings. The van der Waals surface area contributed by atoms with Crippen LogP contribution in [0.3, 0.4) is 0 Å². The standard InChI is InChI=1S/C20H19F2NO/c21-17-9-7-15(8-10-17)18(20-6-3-13-24-20)11-12-23-14-16-4-1-2-5-19(16)22/h1-10,13,18,23H,11-12,14H2/p+1/t18-/m0/s1. The molecule has 0 unspecified atom stereocenters. The van der Waals surface area contributed by atoms with Gasteiger partial charge in [0.05, 0.1) is 12.8 Å². The van der Waals surface area contributed by atoms with Crippen molar-refractivity contribution in [2.75, 3.05) is 6.54 Å². The Kier molecular flexibility index (Phi) is 5.39. The van der Waals surface area contributed by atoms with Crippen LogP contribution < -0.4 is 5.32 Å². The van der Waals surface area contributed by atoms with Gasteiger partial charge in [-0.1, -0.05) is 30.3 Å². The van der Waals surface area contributed by atoms with Crippen molar-refractivity contribution >= 4 is 0 Å². The smallest absolute Gasteiger partial charge is 0.132 e. The lowest BCUT2D eigenvalue weighted by molar-refractivity contribution is -0.671. The lowest BCUT2D eigenvalue weighted by Gasteiger charge is -2.14. The average molecular weight is 328 g/mol. The molecule has 4 heteroatoms. The minimum atomic E-state index is -0.247. The van der Waals surface area contributed by atoms with Crippen LogP contribution in [0.1, 0.15) is 29.2 Å². The zero-order chi connectivity index (χ0) is 16.8. The van der Waals surface area contributed by atoms with Crippen molar-refractivity contribution in [3.05, 3.63) is 95.4 Å². The monoisotopic (exact) mass is 328 g/mol. The van der Waals surface area contributed by atoms with E-state index in [2.05, 4.69) is 5.32 Å². The number of benzene rings is 2. The van der Waals surface area contributed by atoms with Gasteiger partial charge in [0, 0.05) is 17.9 Å². The van der Waals surface area contributed by atoms with Crippen LogP contribution >= 0.6 is 0 Å². The van der Waals surface area contributed by atoms with E-state index in [4.69, 9.17) is 4.42 Å². The molecule has 0 saturated carbocycles. The quantitative estimate of drug-likeness (QED) is 0.656. The van der Waals surface area contributed by atoms with Gasteiger partial charge in [-0.2, -0.15) is 0 Å². The first-order valence-electron chi connectivity index (χ1n) is 8.08. The van der Waals surface area contributed by atoms with Gasteiger partial charge >= 0.3 is 0 Å². The molecule has 1 aromatic heterocycles. The summed E-state index contributed by atoms with van der Waals surface area (Å²) in [5.74, 6) is 0.510. The summed E-state index contributed by atoms with van der Waals surface area (Å²) in [4.78, 5) is 0. The minimum Gasteiger partial charge on any atom is -0.469 e. The minimum absolute atomic E-state index is 0.0671. The summed E-state index contributed by atoms with van der Waals surface area (Å²) >= 11 is 0. The molecule has 0 aliphatic carbocycles. The van der Waals surface area contributed by atoms with Crippen LogP contribution in [0.5, 0.6) is 0 Å². The maximum atomic E-state index is 13.6. The third kappa shape index (κ3) is 4.09. The van der Waals surface area contributed by atoms with Crippen molar-refractivity contribution < 1.29 is 18.5 Å². The molecular formula is C20H20F2NO+. The SMILES string of the molecule is Fc1ccc([C@H](CC[NH2+]Cc2ccccc2F)c2ccco2)cc1. The molecule has 0 saturated heterocycles. The van der Waals surface area contributed by atoms with E-state index in [0.29, 0.717) is 12.1 Å². The van der Waals surface area contributed by atoms with Gasteiger partial charge in [-0.25, -0.2) is 8.78 Å². The molecule has 1 heterocycles. The van der Waals surface area contributed by atoms with Crippen LogP contribution in [0.25, 0.3) is 0 Å². The van der Waals surface area contributed by atoms with Crippen LogP contribution in [0, 0.1) is 11.6 Å². The van der Waals surface area contributed by atoms with E-state index in [9.17, 15) is 8.78 Å². The van der Waals surface area contributed by atoms with E-state index in [0.717, 1.165) is 24.3 Å². The van der Waals surface area contributed by atoms with E-state index in [1.807, 2.05) is 18.2 Å². The first-order chi connectivity index (χ1) is 11.7. The Morgan fingerprint density at radius 1 is 0.917 bits per heavy atom. The van der Waals surface area contributed by atoms with Gasteiger partial charge in [0.2, 0.25) is 0 Å². The van der Waals surface area contributed by atoms with Gasteiger partial charge in [-0.05, 0) is 35.9 Å². The molecule has 24 heavy (non-hydrogen) atoms. The number of nitrogens with two attached hydrogens (primary N) is 1. The molecule has 124 valence electrons. The summed E-state index contributed by atoms with van der Waals surface area (Å²) in [5.41, 5.74) is 1.72. The Morgan fingerprint density at radius 3 is 2.42 bits per heavy atom. The third-order valence-corrected chi connectivity index (χ3v) is 4.14. The lowest BCUT2D eigenvalue weighted by Crippen LogP contribution is -2.82. The van der Waals surface area contributed by atoms with Gasteiger partial charge in [-0.15, -0.1) is 0 Å². The third-order valence-electron chi connectivity index (χ3n) is 4.14. The topological polar surface area (TPSA) is 29.8 Å². The van der Waals surface area contributed by atoms with Crippen molar-refractivity contribution in [1.82, 2.24) is 0 Å². The van der Waals surface area contributed by atoms with E-state index in [-0.39, 0.29) is 17.6 Å². The Morgan fingerprint density at radius 2 is 1.71 bits per heavy atom. The molecule has 0 spiro atoms. The van der Waals surface area contributed by atoms with Crippen molar-refractivity contribution in [3.63, 3.8) is 0 Å². The molecule has 0 bridgehead atoms. The summed E-state index contributed by atoms with van der Waals surface area (Å²) < 4.78 is 32.3. The van der Waals surface area contributed by atoms with Crippen molar-refractivity contribution in [1.29, 1.82) is 0 Å². The Labute approximate surface area is 140 Å². The fourth-order valence-electron chi connectivity index (χ4n) is 2.86. The molecule has 1 atom stereocenters. The highest BCUT2D eigenvalue weighted by molar-refractivity contribution is 5.27. The Bertz CT molecular complexity index is 754. The summed E-state index contributed by atoms with van der Waals surface area (Å²) in [5, 5.41) is 2.08. The lowest BCUT2D eigenvalue weighted by atomic mass is 9.93. The zero-order valence-corrected chi connectivity index (χ0v) is 13.3. The second-order valence-corrected chi connectivity index (χ2v) is 5.78. The predicted molar refractivity (Wildman–Crippen MR) is 88.5 cm³/mol. The maximum Gasteiger partial charge on any atom is 0.132 e. The van der Waals surface area contributed by atoms with E-state index in [1.165, 1.54) is 18.2 Å². The van der Waals surface area contributed by atoms with Crippen LogP contribution in [0.2, 0.25) is 0 Å². The molecule has 3 rings (SSSR count). The average Bonchev–Trinajstić information content (AvgIpc) is 3.12. The number of halogens is 2. The van der Waals surface area contributed by atoms with Crippen LogP contribution in [-0.4, -0.2) is 6.54 Å². The highest BCUT2D eigenvalue weighted by Crippen LogP contribution is 2.27. The van der Waals surface area contributed by atoms with Crippen LogP contribution in [0.4, 0.5) is 8.78 Å². The van der Waals surface area contributed by atoms with E-state index >= 15 is 0 Å². The van der Waals surface area contributed by atoms with Crippen LogP contribution in [0.15, 0.2) is 71.3 Å². The maximum absolute atomic E-state index is 13.6. The number of rotatable bonds is 7. The van der Waals surface area contributed by atoms with Crippen molar-refractivity contribution in [3.8, 4) is 0 Å². The number of hydrogen-bond acceptors (Lipinski definition) is 1. The largest absolute Gasteiger partial charge is 0.469 e. The van der Waals surface area contributed by atoms with Gasteiger partial charge in [0.15, 0.2) is 0 Å². The van der Waals surface area contributed by atoms with E-state index < -0.39 is 0 Å². The molecule has 0 amide bonds.